The number of aryl methyl sites for hydroxylation is 1. The molecule has 0 aliphatic rings. The summed E-state index contributed by atoms with van der Waals surface area (Å²) in [5.41, 5.74) is 7.25. The molecule has 47 heavy (non-hydrogen) atoms. The van der Waals surface area contributed by atoms with Crippen LogP contribution in [0.2, 0.25) is 0 Å². The van der Waals surface area contributed by atoms with Gasteiger partial charge in [-0.05, 0) is 54.8 Å². The Hall–Kier alpha value is 0.564. The van der Waals surface area contributed by atoms with Gasteiger partial charge in [0.25, 0.3) is 6.47 Å². The van der Waals surface area contributed by atoms with E-state index in [1.54, 1.807) is 12.1 Å². The molecule has 17 heteroatoms. The molecule has 258 valence electrons. The number of nitrogens with two attached hydrogens (primary N) is 1. The van der Waals surface area contributed by atoms with Crippen LogP contribution in [0.1, 0.15) is 34.1 Å². The molecule has 0 heterocycles. The second kappa shape index (κ2) is 42.7. The Morgan fingerprint density at radius 2 is 1.13 bits per heavy atom. The van der Waals surface area contributed by atoms with E-state index in [1.165, 1.54) is 38.5 Å². The van der Waals surface area contributed by atoms with E-state index in [-0.39, 0.29) is 171 Å². The summed E-state index contributed by atoms with van der Waals surface area (Å²) in [7, 11) is 2.66. The summed E-state index contributed by atoms with van der Waals surface area (Å²) in [6.07, 6.45) is 1.82. The zero-order valence-electron chi connectivity index (χ0n) is 28.7. The van der Waals surface area contributed by atoms with Crippen molar-refractivity contribution in [2.45, 2.75) is 12.8 Å². The van der Waals surface area contributed by atoms with Crippen molar-refractivity contribution in [1.82, 2.24) is 0 Å². The standard InChI is InChI=1S/C15H22O5.C8H7FO2.C6H15NO3.CH2O3.2Cs.H/c1-18-15(17)14-6-4-13(5-7-14)3-2-9-19-11-12-20-10-8-16;1-11-8(10)6-2-4-7(9)5-3-6;7-1-3-9-5-6-10-4-2-8;2-1-4-3;;;/h4-7,16H,2-3,8-12H2,1H3;2-5H,1H3;8H,1-7H2;1,3H;;;/q;;;;2*+1;-1/p-1. The van der Waals surface area contributed by atoms with Gasteiger partial charge in [-0.1, -0.05) is 12.1 Å². The zero-order valence-corrected chi connectivity index (χ0v) is 40.3. The number of benzene rings is 2. The molecule has 0 aliphatic carbocycles. The van der Waals surface area contributed by atoms with Crippen LogP contribution in [-0.4, -0.2) is 115 Å². The fourth-order valence-corrected chi connectivity index (χ4v) is 2.86. The second-order valence-electron chi connectivity index (χ2n) is 8.17. The number of hydrogen-bond donors (Lipinski definition) is 3. The molecule has 0 bridgehead atoms. The molecule has 2 rings (SSSR count). The van der Waals surface area contributed by atoms with Gasteiger partial charge < -0.3 is 55.9 Å². The van der Waals surface area contributed by atoms with Gasteiger partial charge in [0, 0.05) is 13.2 Å². The van der Waals surface area contributed by atoms with E-state index in [2.05, 4.69) is 14.4 Å². The van der Waals surface area contributed by atoms with Gasteiger partial charge in [0.15, 0.2) is 0 Å². The maximum atomic E-state index is 12.3. The summed E-state index contributed by atoms with van der Waals surface area (Å²) in [6.45, 7) is 4.58. The first-order valence-corrected chi connectivity index (χ1v) is 13.8. The molecule has 14 nitrogen and oxygen atoms in total. The van der Waals surface area contributed by atoms with Gasteiger partial charge in [0.05, 0.1) is 84.8 Å². The first-order valence-electron chi connectivity index (χ1n) is 13.8. The average molecular weight is 914 g/mol. The van der Waals surface area contributed by atoms with E-state index in [0.717, 1.165) is 18.4 Å². The van der Waals surface area contributed by atoms with Crippen LogP contribution in [-0.2, 0) is 44.5 Å². The van der Waals surface area contributed by atoms with Crippen molar-refractivity contribution in [1.29, 1.82) is 0 Å². The smallest absolute Gasteiger partial charge is 1.00 e. The number of esters is 2. The molecule has 2 aromatic rings. The molecular weight excluding hydrogens is 867 g/mol. The number of halogens is 1. The summed E-state index contributed by atoms with van der Waals surface area (Å²) in [5.74, 6) is -1.13. The van der Waals surface area contributed by atoms with Crippen molar-refractivity contribution in [3.63, 3.8) is 0 Å². The van der Waals surface area contributed by atoms with Crippen LogP contribution in [0.3, 0.4) is 0 Å². The number of methoxy groups -OCH3 is 2. The molecule has 2 aromatic carbocycles. The number of carbonyl (C=O) groups excluding carboxylic acids is 3. The van der Waals surface area contributed by atoms with Crippen molar-refractivity contribution < 1.29 is 207 Å². The summed E-state index contributed by atoms with van der Waals surface area (Å²) in [4.78, 5) is 33.3. The molecule has 0 unspecified atom stereocenters. The third-order valence-corrected chi connectivity index (χ3v) is 4.91. The Morgan fingerprint density at radius 1 is 0.745 bits per heavy atom. The minimum atomic E-state index is -0.454. The Kier molecular flexibility index (Phi) is 49.4. The molecule has 0 spiro atoms. The predicted molar refractivity (Wildman–Crippen MR) is 159 cm³/mol. The summed E-state index contributed by atoms with van der Waals surface area (Å²) in [6, 6.07) is 12.6. The van der Waals surface area contributed by atoms with Gasteiger partial charge in [0.1, 0.15) is 5.82 Å². The van der Waals surface area contributed by atoms with Crippen LogP contribution in [0.5, 0.6) is 0 Å². The summed E-state index contributed by atoms with van der Waals surface area (Å²) >= 11 is 0. The predicted octanol–water partition coefficient (Wildman–Crippen LogP) is -5.43. The van der Waals surface area contributed by atoms with E-state index >= 15 is 0 Å². The minimum Gasteiger partial charge on any atom is -1.00 e. The molecule has 0 aliphatic heterocycles. The zero-order chi connectivity index (χ0) is 34.0. The molecule has 0 fully saturated rings. The number of hydrogen-bond acceptors (Lipinski definition) is 14. The van der Waals surface area contributed by atoms with Gasteiger partial charge in [-0.25, -0.2) is 14.0 Å². The van der Waals surface area contributed by atoms with Crippen LogP contribution in [0.25, 0.3) is 0 Å². The van der Waals surface area contributed by atoms with Crippen LogP contribution < -0.4 is 149 Å². The third kappa shape index (κ3) is 36.2. The first-order chi connectivity index (χ1) is 21.8. The number of ether oxygens (including phenoxy) is 6. The summed E-state index contributed by atoms with van der Waals surface area (Å²) < 4.78 is 41.7. The van der Waals surface area contributed by atoms with E-state index in [4.69, 9.17) is 44.9 Å². The number of rotatable bonds is 19. The van der Waals surface area contributed by atoms with Gasteiger partial charge >= 0.3 is 150 Å². The Balaban J connectivity index is -0.000000189. The quantitative estimate of drug-likeness (QED) is 0.0396. The molecular formula is C30H46Cs2FNO13. The second-order valence-corrected chi connectivity index (χ2v) is 8.17. The Bertz CT molecular complexity index is 974. The molecule has 4 N–H and O–H groups in total. The fourth-order valence-electron chi connectivity index (χ4n) is 2.86. The average Bonchev–Trinajstić information content (AvgIpc) is 3.08. The van der Waals surface area contributed by atoms with Crippen LogP contribution in [0.15, 0.2) is 48.5 Å². The number of aliphatic hydroxyl groups excluding tert-OH is 2. The maximum absolute atomic E-state index is 12.3. The van der Waals surface area contributed by atoms with Crippen molar-refractivity contribution in [3.05, 3.63) is 71.0 Å². The van der Waals surface area contributed by atoms with Crippen LogP contribution >= 0.6 is 0 Å². The van der Waals surface area contributed by atoms with Crippen molar-refractivity contribution >= 4 is 18.4 Å². The number of carbonyl (C=O) groups is 3. The Labute approximate surface area is 394 Å². The van der Waals surface area contributed by atoms with Gasteiger partial charge in [-0.3, -0.25) is 4.79 Å². The molecule has 0 atom stereocenters. The van der Waals surface area contributed by atoms with E-state index in [1.807, 2.05) is 12.1 Å². The van der Waals surface area contributed by atoms with Gasteiger partial charge in [0.2, 0.25) is 0 Å². The maximum Gasteiger partial charge on any atom is 1.00 e. The monoisotopic (exact) mass is 913 g/mol. The Morgan fingerprint density at radius 3 is 1.49 bits per heavy atom. The van der Waals surface area contributed by atoms with E-state index in [0.29, 0.717) is 70.5 Å². The molecule has 0 saturated carbocycles. The molecule has 0 aromatic heterocycles. The number of aliphatic hydroxyl groups is 2. The third-order valence-electron chi connectivity index (χ3n) is 4.91. The normalized spacial score (nSPS) is 9.26. The van der Waals surface area contributed by atoms with Gasteiger partial charge in [-0.15, -0.1) is 0 Å². The van der Waals surface area contributed by atoms with Crippen LogP contribution in [0, 0.1) is 5.82 Å². The fraction of sp³-hybridized carbons (Fsp3) is 0.500. The molecule has 0 saturated heterocycles. The largest absolute Gasteiger partial charge is 1.00 e. The first kappa shape index (κ1) is 54.3. The minimum absolute atomic E-state index is 0. The van der Waals surface area contributed by atoms with Crippen molar-refractivity contribution in [2.75, 3.05) is 86.8 Å². The van der Waals surface area contributed by atoms with E-state index < -0.39 is 5.97 Å². The topological polar surface area (TPSA) is 205 Å². The van der Waals surface area contributed by atoms with Gasteiger partial charge in [-0.2, -0.15) is 0 Å². The molecule has 0 radical (unpaired) electrons. The SMILES string of the molecule is COC(=O)c1ccc(CCCOCCOCCO)cc1.COC(=O)c1ccc(F)cc1.NCCOCCOCCO.O=CO[O-].[Cs+].[Cs+].[H-]. The summed E-state index contributed by atoms with van der Waals surface area (Å²) in [5, 5.41) is 25.2. The van der Waals surface area contributed by atoms with E-state index in [9.17, 15) is 14.0 Å². The van der Waals surface area contributed by atoms with Crippen LogP contribution in [0.4, 0.5) is 4.39 Å². The van der Waals surface area contributed by atoms with Crippen molar-refractivity contribution in [3.8, 4) is 0 Å². The van der Waals surface area contributed by atoms with Crippen molar-refractivity contribution in [2.24, 2.45) is 5.73 Å². The molecule has 0 amide bonds.